The lowest BCUT2D eigenvalue weighted by atomic mass is 10.0. The third-order valence-corrected chi connectivity index (χ3v) is 6.00. The van der Waals surface area contributed by atoms with Crippen LogP contribution in [0.2, 0.25) is 0 Å². The summed E-state index contributed by atoms with van der Waals surface area (Å²) in [5.74, 6) is 0.542. The monoisotopic (exact) mass is 444 g/mol. The Morgan fingerprint density at radius 2 is 1.97 bits per heavy atom. The Hall–Kier alpha value is -2.78. The van der Waals surface area contributed by atoms with Gasteiger partial charge in [-0.2, -0.15) is 0 Å². The van der Waals surface area contributed by atoms with Crippen LogP contribution in [0.15, 0.2) is 47.6 Å². The van der Waals surface area contributed by atoms with Crippen LogP contribution in [-0.4, -0.2) is 74.9 Å². The highest BCUT2D eigenvalue weighted by molar-refractivity contribution is 5.80. The number of pyridine rings is 1. The van der Waals surface area contributed by atoms with Crippen molar-refractivity contribution >= 4 is 11.8 Å². The zero-order valence-corrected chi connectivity index (χ0v) is 18.3. The lowest BCUT2D eigenvalue weighted by Crippen LogP contribution is -2.49. The predicted molar refractivity (Wildman–Crippen MR) is 121 cm³/mol. The second kappa shape index (κ2) is 10.7. The maximum atomic E-state index is 14.1. The normalized spacial score (nSPS) is 20.9. The molecule has 0 radical (unpaired) electrons. The highest BCUT2D eigenvalue weighted by Crippen LogP contribution is 2.23. The molecular weight excluding hydrogens is 414 g/mol. The first-order valence-corrected chi connectivity index (χ1v) is 11.0. The van der Waals surface area contributed by atoms with E-state index in [0.717, 1.165) is 31.6 Å². The van der Waals surface area contributed by atoms with Crippen molar-refractivity contribution in [3.63, 3.8) is 0 Å². The lowest BCUT2D eigenvalue weighted by Gasteiger charge is -2.35. The van der Waals surface area contributed by atoms with Crippen molar-refractivity contribution in [1.29, 1.82) is 0 Å². The molecule has 7 nitrogen and oxygen atoms in total. The number of anilines is 1. The molecule has 3 heterocycles. The summed E-state index contributed by atoms with van der Waals surface area (Å²) >= 11 is 0. The van der Waals surface area contributed by atoms with Crippen LogP contribution in [0.4, 0.5) is 14.6 Å². The third kappa shape index (κ3) is 5.52. The fraction of sp³-hybridized carbons (Fsp3) is 0.478. The van der Waals surface area contributed by atoms with E-state index in [1.165, 1.54) is 18.2 Å². The number of benzene rings is 1. The average Bonchev–Trinajstić information content (AvgIpc) is 3.29. The van der Waals surface area contributed by atoms with Gasteiger partial charge in [-0.25, -0.2) is 13.8 Å². The molecule has 32 heavy (non-hydrogen) atoms. The Bertz CT molecular complexity index is 904. The summed E-state index contributed by atoms with van der Waals surface area (Å²) in [7, 11) is 1.74. The molecule has 2 aliphatic rings. The van der Waals surface area contributed by atoms with E-state index in [0.29, 0.717) is 38.1 Å². The molecule has 0 saturated carbocycles. The van der Waals surface area contributed by atoms with Crippen LogP contribution in [0.3, 0.4) is 0 Å². The predicted octanol–water partition coefficient (Wildman–Crippen LogP) is 2.18. The number of nitrogens with one attached hydrogen (secondary N) is 2. The Labute approximate surface area is 187 Å². The van der Waals surface area contributed by atoms with Crippen LogP contribution in [0, 0.1) is 11.6 Å². The molecule has 2 saturated heterocycles. The van der Waals surface area contributed by atoms with Crippen molar-refractivity contribution in [2.24, 2.45) is 4.99 Å². The first-order valence-electron chi connectivity index (χ1n) is 11.0. The molecule has 0 aliphatic carbocycles. The van der Waals surface area contributed by atoms with Crippen molar-refractivity contribution in [2.45, 2.75) is 18.5 Å². The van der Waals surface area contributed by atoms with Gasteiger partial charge in [0.25, 0.3) is 0 Å². The summed E-state index contributed by atoms with van der Waals surface area (Å²) in [6.07, 6.45) is 2.47. The molecule has 172 valence electrons. The standard InChI is InChI=1S/C23H30F2N6O/c1-26-23(29-19-8-10-31(16-19)22-20(25)3-2-9-27-22)28-15-21(30-11-13-32-14-12-30)17-4-6-18(24)7-5-17/h2-7,9,19,21H,8,10-16H2,1H3,(H2,26,28,29). The van der Waals surface area contributed by atoms with Gasteiger partial charge in [-0.15, -0.1) is 0 Å². The summed E-state index contributed by atoms with van der Waals surface area (Å²) in [4.78, 5) is 12.9. The molecule has 0 amide bonds. The Morgan fingerprint density at radius 1 is 1.19 bits per heavy atom. The highest BCUT2D eigenvalue weighted by Gasteiger charge is 2.27. The largest absolute Gasteiger partial charge is 0.379 e. The molecule has 2 atom stereocenters. The Kier molecular flexibility index (Phi) is 7.49. The molecule has 0 bridgehead atoms. The quantitative estimate of drug-likeness (QED) is 0.526. The van der Waals surface area contributed by atoms with E-state index in [4.69, 9.17) is 4.74 Å². The second-order valence-corrected chi connectivity index (χ2v) is 8.05. The summed E-state index contributed by atoms with van der Waals surface area (Å²) in [6.45, 7) is 5.02. The number of aliphatic imine (C=N–C) groups is 1. The van der Waals surface area contributed by atoms with Gasteiger partial charge in [0.15, 0.2) is 17.6 Å². The number of rotatable bonds is 6. The van der Waals surface area contributed by atoms with Gasteiger partial charge < -0.3 is 20.3 Å². The van der Waals surface area contributed by atoms with E-state index in [1.54, 1.807) is 19.3 Å². The number of nitrogens with zero attached hydrogens (tertiary/aromatic N) is 4. The number of halogens is 2. The van der Waals surface area contributed by atoms with Crippen LogP contribution >= 0.6 is 0 Å². The summed E-state index contributed by atoms with van der Waals surface area (Å²) in [6, 6.07) is 9.91. The van der Waals surface area contributed by atoms with E-state index in [2.05, 4.69) is 25.5 Å². The summed E-state index contributed by atoms with van der Waals surface area (Å²) in [5, 5.41) is 6.87. The molecule has 4 rings (SSSR count). The van der Waals surface area contributed by atoms with Crippen LogP contribution in [-0.2, 0) is 4.74 Å². The van der Waals surface area contributed by atoms with E-state index in [9.17, 15) is 8.78 Å². The minimum absolute atomic E-state index is 0.0701. The van der Waals surface area contributed by atoms with Gasteiger partial charge in [0.05, 0.1) is 19.3 Å². The minimum Gasteiger partial charge on any atom is -0.379 e. The molecule has 1 aromatic heterocycles. The number of morpholine rings is 1. The molecule has 1 aromatic carbocycles. The van der Waals surface area contributed by atoms with Gasteiger partial charge in [-0.05, 0) is 36.2 Å². The molecule has 0 spiro atoms. The van der Waals surface area contributed by atoms with Gasteiger partial charge in [0.1, 0.15) is 5.82 Å². The SMILES string of the molecule is CN=C(NCC(c1ccc(F)cc1)N1CCOCC1)NC1CCN(c2ncccc2F)C1. The van der Waals surface area contributed by atoms with Crippen LogP contribution < -0.4 is 15.5 Å². The van der Waals surface area contributed by atoms with Gasteiger partial charge in [-0.1, -0.05) is 12.1 Å². The molecule has 2 aromatic rings. The van der Waals surface area contributed by atoms with E-state index >= 15 is 0 Å². The van der Waals surface area contributed by atoms with E-state index in [1.807, 2.05) is 17.0 Å². The fourth-order valence-corrected chi connectivity index (χ4v) is 4.29. The average molecular weight is 445 g/mol. The van der Waals surface area contributed by atoms with Crippen molar-refractivity contribution in [3.05, 3.63) is 59.8 Å². The van der Waals surface area contributed by atoms with Crippen molar-refractivity contribution in [2.75, 3.05) is 57.9 Å². The maximum absolute atomic E-state index is 14.1. The number of aromatic nitrogens is 1. The van der Waals surface area contributed by atoms with Gasteiger partial charge in [0.2, 0.25) is 0 Å². The van der Waals surface area contributed by atoms with Crippen LogP contribution in [0.1, 0.15) is 18.0 Å². The van der Waals surface area contributed by atoms with Crippen LogP contribution in [0.25, 0.3) is 0 Å². The minimum atomic E-state index is -0.302. The first-order chi connectivity index (χ1) is 15.6. The molecule has 2 N–H and O–H groups in total. The topological polar surface area (TPSA) is 65.0 Å². The zero-order valence-electron chi connectivity index (χ0n) is 18.3. The second-order valence-electron chi connectivity index (χ2n) is 8.05. The Balaban J connectivity index is 1.36. The fourth-order valence-electron chi connectivity index (χ4n) is 4.29. The summed E-state index contributed by atoms with van der Waals surface area (Å²) < 4.78 is 33.0. The number of hydrogen-bond acceptors (Lipinski definition) is 5. The molecule has 9 heteroatoms. The number of ether oxygens (including phenoxy) is 1. The van der Waals surface area contributed by atoms with Gasteiger partial charge in [-0.3, -0.25) is 9.89 Å². The lowest BCUT2D eigenvalue weighted by molar-refractivity contribution is 0.0170. The molecular formula is C23H30F2N6O. The zero-order chi connectivity index (χ0) is 22.3. The van der Waals surface area contributed by atoms with Gasteiger partial charge in [0, 0.05) is 52.0 Å². The first kappa shape index (κ1) is 22.4. The molecule has 2 fully saturated rings. The van der Waals surface area contributed by atoms with Crippen molar-refractivity contribution < 1.29 is 13.5 Å². The number of guanidine groups is 1. The molecule has 2 unspecified atom stereocenters. The van der Waals surface area contributed by atoms with E-state index < -0.39 is 0 Å². The smallest absolute Gasteiger partial charge is 0.191 e. The number of hydrogen-bond donors (Lipinski definition) is 2. The van der Waals surface area contributed by atoms with Crippen LogP contribution in [0.5, 0.6) is 0 Å². The van der Waals surface area contributed by atoms with Crippen molar-refractivity contribution in [1.82, 2.24) is 20.5 Å². The van der Waals surface area contributed by atoms with Crippen molar-refractivity contribution in [3.8, 4) is 0 Å². The highest BCUT2D eigenvalue weighted by atomic mass is 19.1. The summed E-state index contributed by atoms with van der Waals surface area (Å²) in [5.41, 5.74) is 1.05. The molecule has 2 aliphatic heterocycles. The third-order valence-electron chi connectivity index (χ3n) is 6.00. The Morgan fingerprint density at radius 3 is 2.69 bits per heavy atom. The maximum Gasteiger partial charge on any atom is 0.191 e. The van der Waals surface area contributed by atoms with E-state index in [-0.39, 0.29) is 23.7 Å². The van der Waals surface area contributed by atoms with Gasteiger partial charge >= 0.3 is 0 Å².